The summed E-state index contributed by atoms with van der Waals surface area (Å²) in [6, 6.07) is 1.77. The highest BCUT2D eigenvalue weighted by atomic mass is 35.5. The molecule has 0 aliphatic rings. The number of hydrogen-bond donors (Lipinski definition) is 1. The summed E-state index contributed by atoms with van der Waals surface area (Å²) in [6.07, 6.45) is 13.0. The van der Waals surface area contributed by atoms with Gasteiger partial charge in [0.15, 0.2) is 0 Å². The molecule has 0 aliphatic heterocycles. The van der Waals surface area contributed by atoms with Crippen LogP contribution in [-0.2, 0) is 0 Å². The van der Waals surface area contributed by atoms with Gasteiger partial charge in [0, 0.05) is 12.6 Å². The molecule has 0 spiro atoms. The van der Waals surface area contributed by atoms with Gasteiger partial charge >= 0.3 is 0 Å². The van der Waals surface area contributed by atoms with Gasteiger partial charge in [-0.15, -0.1) is 0 Å². The van der Waals surface area contributed by atoms with E-state index in [2.05, 4.69) is 37.6 Å². The lowest BCUT2D eigenvalue weighted by atomic mass is 9.89. The second-order valence-corrected chi connectivity index (χ2v) is 7.86. The Morgan fingerprint density at radius 1 is 1.04 bits per heavy atom. The van der Waals surface area contributed by atoms with E-state index in [1.54, 1.807) is 12.3 Å². The third kappa shape index (κ3) is 10.2. The number of unbranched alkanes of at least 4 members (excludes halogenated alkanes) is 7. The minimum absolute atomic E-state index is 0.456. The van der Waals surface area contributed by atoms with Crippen LogP contribution >= 0.6 is 11.6 Å². The fraction of sp³-hybridized carbons (Fsp3) is 0.650. The van der Waals surface area contributed by atoms with Crippen molar-refractivity contribution in [2.45, 2.75) is 78.6 Å². The van der Waals surface area contributed by atoms with Gasteiger partial charge in [0.25, 0.3) is 0 Å². The highest BCUT2D eigenvalue weighted by molar-refractivity contribution is 6.30. The Morgan fingerprint density at radius 3 is 2.30 bits per heavy atom. The Morgan fingerprint density at radius 2 is 1.65 bits per heavy atom. The molecule has 0 saturated heterocycles. The van der Waals surface area contributed by atoms with Gasteiger partial charge < -0.3 is 5.73 Å². The summed E-state index contributed by atoms with van der Waals surface area (Å²) in [5.41, 5.74) is 6.98. The number of hydrogen-bond acceptors (Lipinski definition) is 2. The van der Waals surface area contributed by atoms with Crippen LogP contribution in [0.4, 0.5) is 5.82 Å². The molecule has 2 N–H and O–H groups in total. The van der Waals surface area contributed by atoms with Crippen LogP contribution in [-0.4, -0.2) is 4.98 Å². The summed E-state index contributed by atoms with van der Waals surface area (Å²) in [4.78, 5) is 4.00. The number of nitrogen functional groups attached to an aromatic ring is 1. The second kappa shape index (κ2) is 10.6. The van der Waals surface area contributed by atoms with E-state index in [9.17, 15) is 0 Å². The fourth-order valence-electron chi connectivity index (χ4n) is 2.46. The van der Waals surface area contributed by atoms with Gasteiger partial charge in [-0.1, -0.05) is 82.7 Å². The monoisotopic (exact) mass is 334 g/mol. The molecule has 1 aromatic rings. The number of aromatic nitrogens is 1. The van der Waals surface area contributed by atoms with Crippen LogP contribution in [0.15, 0.2) is 12.3 Å². The standard InChI is InChI=1S/C20H31ClN2/c1-20(2,3)14-12-10-8-6-4-5-7-9-11-13-17-15-18(21)16-23-19(17)22/h15-16H,4-10,12,14H2,1-3H3,(H2,22,23). The zero-order valence-corrected chi connectivity index (χ0v) is 15.7. The van der Waals surface area contributed by atoms with Gasteiger partial charge in [-0.2, -0.15) is 0 Å². The molecule has 0 saturated carbocycles. The molecule has 0 unspecified atom stereocenters. The minimum Gasteiger partial charge on any atom is -0.383 e. The molecule has 128 valence electrons. The van der Waals surface area contributed by atoms with Crippen molar-refractivity contribution in [1.82, 2.24) is 4.98 Å². The summed E-state index contributed by atoms with van der Waals surface area (Å²) in [7, 11) is 0. The molecule has 0 fully saturated rings. The zero-order chi connectivity index (χ0) is 17.1. The van der Waals surface area contributed by atoms with Crippen molar-refractivity contribution < 1.29 is 0 Å². The molecule has 0 aromatic carbocycles. The van der Waals surface area contributed by atoms with Crippen molar-refractivity contribution >= 4 is 17.4 Å². The quantitative estimate of drug-likeness (QED) is 0.452. The highest BCUT2D eigenvalue weighted by Gasteiger charge is 2.08. The van der Waals surface area contributed by atoms with E-state index in [0.717, 1.165) is 18.4 Å². The van der Waals surface area contributed by atoms with Crippen LogP contribution in [0.2, 0.25) is 5.02 Å². The summed E-state index contributed by atoms with van der Waals surface area (Å²) in [5, 5.41) is 0.579. The number of nitrogens with two attached hydrogens (primary N) is 1. The molecule has 23 heavy (non-hydrogen) atoms. The first-order valence-corrected chi connectivity index (χ1v) is 9.16. The Hall–Kier alpha value is -1.20. The molecule has 0 amide bonds. The van der Waals surface area contributed by atoms with Crippen molar-refractivity contribution in [1.29, 1.82) is 0 Å². The molecule has 1 rings (SSSR count). The van der Waals surface area contributed by atoms with Crippen molar-refractivity contribution in [3.8, 4) is 11.8 Å². The maximum Gasteiger partial charge on any atom is 0.139 e. The average molecular weight is 335 g/mol. The van der Waals surface area contributed by atoms with Gasteiger partial charge in [0.1, 0.15) is 5.82 Å². The summed E-state index contributed by atoms with van der Waals surface area (Å²) < 4.78 is 0. The first-order chi connectivity index (χ1) is 10.9. The smallest absolute Gasteiger partial charge is 0.139 e. The molecule has 1 aromatic heterocycles. The van der Waals surface area contributed by atoms with Crippen LogP contribution in [0.5, 0.6) is 0 Å². The van der Waals surface area contributed by atoms with Gasteiger partial charge in [-0.05, 0) is 24.3 Å². The van der Waals surface area contributed by atoms with Crippen molar-refractivity contribution in [3.63, 3.8) is 0 Å². The summed E-state index contributed by atoms with van der Waals surface area (Å²) >= 11 is 5.89. The van der Waals surface area contributed by atoms with Crippen molar-refractivity contribution in [2.75, 3.05) is 5.73 Å². The maximum atomic E-state index is 5.89. The summed E-state index contributed by atoms with van der Waals surface area (Å²) in [6.45, 7) is 6.96. The van der Waals surface area contributed by atoms with E-state index < -0.39 is 0 Å². The number of anilines is 1. The first kappa shape index (κ1) is 19.8. The lowest BCUT2D eigenvalue weighted by Gasteiger charge is -2.17. The normalized spacial score (nSPS) is 11.1. The lowest BCUT2D eigenvalue weighted by Crippen LogP contribution is -2.03. The second-order valence-electron chi connectivity index (χ2n) is 7.42. The van der Waals surface area contributed by atoms with Crippen LogP contribution < -0.4 is 5.73 Å². The number of nitrogens with zero attached hydrogens (tertiary/aromatic N) is 1. The third-order valence-electron chi connectivity index (χ3n) is 3.84. The number of halogens is 1. The Labute approximate surface area is 147 Å². The third-order valence-corrected chi connectivity index (χ3v) is 4.04. The molecule has 3 heteroatoms. The predicted molar refractivity (Wildman–Crippen MR) is 102 cm³/mol. The Bertz CT molecular complexity index is 521. The average Bonchev–Trinajstić information content (AvgIpc) is 2.47. The number of rotatable bonds is 8. The van der Waals surface area contributed by atoms with Gasteiger partial charge in [-0.25, -0.2) is 4.98 Å². The van der Waals surface area contributed by atoms with Crippen LogP contribution in [0.3, 0.4) is 0 Å². The highest BCUT2D eigenvalue weighted by Crippen LogP contribution is 2.22. The van der Waals surface area contributed by atoms with Gasteiger partial charge in [0.05, 0.1) is 10.6 Å². The Kier molecular flexibility index (Phi) is 9.10. The molecule has 2 nitrogen and oxygen atoms in total. The van der Waals surface area contributed by atoms with Crippen molar-refractivity contribution in [3.05, 3.63) is 22.8 Å². The lowest BCUT2D eigenvalue weighted by molar-refractivity contribution is 0.356. The van der Waals surface area contributed by atoms with E-state index in [-0.39, 0.29) is 0 Å². The van der Waals surface area contributed by atoms with E-state index in [0.29, 0.717) is 16.3 Å². The van der Waals surface area contributed by atoms with Crippen LogP contribution in [0.1, 0.15) is 84.1 Å². The summed E-state index contributed by atoms with van der Waals surface area (Å²) in [5.74, 6) is 6.69. The topological polar surface area (TPSA) is 38.9 Å². The molecule has 0 bridgehead atoms. The van der Waals surface area contributed by atoms with Crippen molar-refractivity contribution in [2.24, 2.45) is 5.41 Å². The van der Waals surface area contributed by atoms with E-state index >= 15 is 0 Å². The molecule has 0 radical (unpaired) electrons. The van der Waals surface area contributed by atoms with Gasteiger partial charge in [-0.3, -0.25) is 0 Å². The Balaban J connectivity index is 2.04. The molecule has 0 atom stereocenters. The molecule has 0 aliphatic carbocycles. The molecular formula is C20H31ClN2. The van der Waals surface area contributed by atoms with E-state index in [1.165, 1.54) is 44.9 Å². The SMILES string of the molecule is CC(C)(C)CCCCCCCCCC#Cc1cc(Cl)cnc1N. The minimum atomic E-state index is 0.456. The molecule has 1 heterocycles. The number of pyridine rings is 1. The van der Waals surface area contributed by atoms with Crippen LogP contribution in [0, 0.1) is 17.3 Å². The maximum absolute atomic E-state index is 5.89. The predicted octanol–water partition coefficient (Wildman–Crippen LogP) is 6.23. The first-order valence-electron chi connectivity index (χ1n) is 8.78. The fourth-order valence-corrected chi connectivity index (χ4v) is 2.62. The largest absolute Gasteiger partial charge is 0.383 e. The zero-order valence-electron chi connectivity index (χ0n) is 14.9. The van der Waals surface area contributed by atoms with Gasteiger partial charge in [0.2, 0.25) is 0 Å². The van der Waals surface area contributed by atoms with E-state index in [1.807, 2.05) is 0 Å². The molecular weight excluding hydrogens is 304 g/mol. The van der Waals surface area contributed by atoms with Crippen LogP contribution in [0.25, 0.3) is 0 Å². The van der Waals surface area contributed by atoms with E-state index in [4.69, 9.17) is 17.3 Å².